The second kappa shape index (κ2) is 8.23. The summed E-state index contributed by atoms with van der Waals surface area (Å²) in [6.45, 7) is 1.96. The van der Waals surface area contributed by atoms with Crippen molar-refractivity contribution in [3.05, 3.63) is 64.7 Å². The Morgan fingerprint density at radius 1 is 1.11 bits per heavy atom. The number of fused-ring (bicyclic) bond motifs is 1. The Bertz CT molecular complexity index is 937. The predicted molar refractivity (Wildman–Crippen MR) is 104 cm³/mol. The van der Waals surface area contributed by atoms with Crippen LogP contribution in [0.5, 0.6) is 0 Å². The zero-order chi connectivity index (χ0) is 19.4. The highest BCUT2D eigenvalue weighted by Gasteiger charge is 2.22. The van der Waals surface area contributed by atoms with Gasteiger partial charge in [0.25, 0.3) is 0 Å². The Morgan fingerprint density at radius 2 is 1.85 bits per heavy atom. The third kappa shape index (κ3) is 4.39. The van der Waals surface area contributed by atoms with Crippen molar-refractivity contribution in [3.63, 3.8) is 0 Å². The van der Waals surface area contributed by atoms with Gasteiger partial charge in [0.2, 0.25) is 10.0 Å². The van der Waals surface area contributed by atoms with E-state index in [4.69, 9.17) is 0 Å². The van der Waals surface area contributed by atoms with Gasteiger partial charge in [0.15, 0.2) is 0 Å². The number of carbonyl (C=O) groups is 1. The molecule has 0 amide bonds. The summed E-state index contributed by atoms with van der Waals surface area (Å²) >= 11 is 0. The molecule has 6 heteroatoms. The van der Waals surface area contributed by atoms with E-state index in [0.29, 0.717) is 6.42 Å². The van der Waals surface area contributed by atoms with Crippen LogP contribution in [0.4, 0.5) is 0 Å². The quantitative estimate of drug-likeness (QED) is 0.766. The number of hydrogen-bond donors (Lipinski definition) is 1. The average Bonchev–Trinajstić information content (AvgIpc) is 2.71. The lowest BCUT2D eigenvalue weighted by atomic mass is 9.89. The van der Waals surface area contributed by atoms with E-state index in [-0.39, 0.29) is 16.5 Å². The molecule has 0 saturated carbocycles. The van der Waals surface area contributed by atoms with Gasteiger partial charge in [0, 0.05) is 6.04 Å². The number of nitrogens with one attached hydrogen (secondary N) is 1. The number of carbonyl (C=O) groups excluding carboxylic acids is 1. The Hall–Kier alpha value is -2.18. The molecule has 1 N–H and O–H groups in total. The lowest BCUT2D eigenvalue weighted by molar-refractivity contribution is 0.0600. The average molecular weight is 388 g/mol. The van der Waals surface area contributed by atoms with Crippen LogP contribution in [0.1, 0.15) is 59.3 Å². The lowest BCUT2D eigenvalue weighted by Crippen LogP contribution is -2.28. The van der Waals surface area contributed by atoms with Gasteiger partial charge in [-0.15, -0.1) is 0 Å². The highest BCUT2D eigenvalue weighted by molar-refractivity contribution is 7.89. The highest BCUT2D eigenvalue weighted by atomic mass is 32.2. The molecule has 27 heavy (non-hydrogen) atoms. The van der Waals surface area contributed by atoms with Crippen LogP contribution in [0, 0.1) is 0 Å². The fraction of sp³-hybridized carbons (Fsp3) is 0.381. The molecule has 0 bridgehead atoms. The zero-order valence-corrected chi connectivity index (χ0v) is 16.5. The molecular weight excluding hydrogens is 362 g/mol. The molecular formula is C21H25NO4S. The van der Waals surface area contributed by atoms with E-state index in [2.05, 4.69) is 21.6 Å². The van der Waals surface area contributed by atoms with E-state index < -0.39 is 16.0 Å². The molecule has 0 aromatic heterocycles. The molecule has 1 atom stereocenters. The highest BCUT2D eigenvalue weighted by Crippen LogP contribution is 2.27. The molecule has 1 aliphatic rings. The molecule has 0 aliphatic heterocycles. The first kappa shape index (κ1) is 19.6. The van der Waals surface area contributed by atoms with Crippen molar-refractivity contribution < 1.29 is 17.9 Å². The summed E-state index contributed by atoms with van der Waals surface area (Å²) in [6, 6.07) is 11.9. The molecule has 0 heterocycles. The van der Waals surface area contributed by atoms with Gasteiger partial charge in [-0.3, -0.25) is 0 Å². The molecule has 0 unspecified atom stereocenters. The molecule has 2 aromatic rings. The molecule has 0 radical (unpaired) electrons. The van der Waals surface area contributed by atoms with Crippen LogP contribution in [0.15, 0.2) is 47.4 Å². The van der Waals surface area contributed by atoms with E-state index in [1.165, 1.54) is 49.3 Å². The van der Waals surface area contributed by atoms with Crippen molar-refractivity contribution in [2.24, 2.45) is 0 Å². The SMILES string of the molecule is CC[C@@H](NS(=O)(=O)c1cccc(C(=O)OC)c1)c1ccc2c(c1)CCCC2. The topological polar surface area (TPSA) is 72.5 Å². The minimum absolute atomic E-state index is 0.0572. The number of aryl methyl sites for hydroxylation is 2. The maximum Gasteiger partial charge on any atom is 0.337 e. The van der Waals surface area contributed by atoms with Crippen molar-refractivity contribution in [1.82, 2.24) is 4.72 Å². The number of esters is 1. The number of methoxy groups -OCH3 is 1. The molecule has 0 spiro atoms. The van der Waals surface area contributed by atoms with E-state index >= 15 is 0 Å². The van der Waals surface area contributed by atoms with Gasteiger partial charge in [0.1, 0.15) is 0 Å². The third-order valence-corrected chi connectivity index (χ3v) is 6.52. The fourth-order valence-electron chi connectivity index (χ4n) is 3.52. The van der Waals surface area contributed by atoms with Crippen LogP contribution in [0.3, 0.4) is 0 Å². The second-order valence-corrected chi connectivity index (χ2v) is 8.55. The second-order valence-electron chi connectivity index (χ2n) is 6.84. The van der Waals surface area contributed by atoms with Gasteiger partial charge in [-0.25, -0.2) is 17.9 Å². The number of hydrogen-bond acceptors (Lipinski definition) is 4. The van der Waals surface area contributed by atoms with Gasteiger partial charge >= 0.3 is 5.97 Å². The number of ether oxygens (including phenoxy) is 1. The third-order valence-electron chi connectivity index (χ3n) is 5.05. The Morgan fingerprint density at radius 3 is 2.56 bits per heavy atom. The number of rotatable bonds is 6. The van der Waals surface area contributed by atoms with E-state index in [1.807, 2.05) is 13.0 Å². The van der Waals surface area contributed by atoms with Crippen LogP contribution >= 0.6 is 0 Å². The van der Waals surface area contributed by atoms with Crippen molar-refractivity contribution in [3.8, 4) is 0 Å². The lowest BCUT2D eigenvalue weighted by Gasteiger charge is -2.21. The van der Waals surface area contributed by atoms with Crippen LogP contribution in [0.25, 0.3) is 0 Å². The fourth-order valence-corrected chi connectivity index (χ4v) is 4.87. The molecule has 144 valence electrons. The van der Waals surface area contributed by atoms with Gasteiger partial charge in [0.05, 0.1) is 17.6 Å². The molecule has 3 rings (SSSR count). The van der Waals surface area contributed by atoms with Gasteiger partial charge in [-0.2, -0.15) is 0 Å². The number of sulfonamides is 1. The smallest absolute Gasteiger partial charge is 0.337 e. The summed E-state index contributed by atoms with van der Waals surface area (Å²) in [4.78, 5) is 11.7. The molecule has 0 fully saturated rings. The van der Waals surface area contributed by atoms with Gasteiger partial charge in [-0.05, 0) is 67.0 Å². The first-order valence-electron chi connectivity index (χ1n) is 9.27. The maximum absolute atomic E-state index is 12.9. The van der Waals surface area contributed by atoms with Crippen LogP contribution in [0.2, 0.25) is 0 Å². The monoisotopic (exact) mass is 387 g/mol. The molecule has 0 saturated heterocycles. The maximum atomic E-state index is 12.9. The Labute approximate surface area is 160 Å². The standard InChI is InChI=1S/C21H25NO4S/c1-3-20(17-12-11-15-7-4-5-8-16(15)13-17)22-27(24,25)19-10-6-9-18(14-19)21(23)26-2/h6,9-14,20,22H,3-5,7-8H2,1-2H3/t20-/m1/s1. The Kier molecular flexibility index (Phi) is 5.97. The van der Waals surface area contributed by atoms with Crippen molar-refractivity contribution in [1.29, 1.82) is 0 Å². The summed E-state index contributed by atoms with van der Waals surface area (Å²) in [5, 5.41) is 0. The van der Waals surface area contributed by atoms with Crippen LogP contribution < -0.4 is 4.72 Å². The minimum Gasteiger partial charge on any atom is -0.465 e. The van der Waals surface area contributed by atoms with E-state index in [0.717, 1.165) is 18.4 Å². The summed E-state index contributed by atoms with van der Waals surface area (Å²) in [7, 11) is -2.49. The summed E-state index contributed by atoms with van der Waals surface area (Å²) in [6.07, 6.45) is 5.17. The van der Waals surface area contributed by atoms with Crippen molar-refractivity contribution in [2.45, 2.75) is 50.0 Å². The summed E-state index contributed by atoms with van der Waals surface area (Å²) in [5.41, 5.74) is 3.88. The zero-order valence-electron chi connectivity index (χ0n) is 15.7. The normalized spacial score (nSPS) is 15.0. The first-order valence-corrected chi connectivity index (χ1v) is 10.8. The predicted octanol–water partition coefficient (Wildman–Crippen LogP) is 3.78. The van der Waals surface area contributed by atoms with Crippen molar-refractivity contribution >= 4 is 16.0 Å². The van der Waals surface area contributed by atoms with Crippen LogP contribution in [-0.2, 0) is 27.6 Å². The molecule has 5 nitrogen and oxygen atoms in total. The Balaban J connectivity index is 1.86. The van der Waals surface area contributed by atoms with Gasteiger partial charge in [-0.1, -0.05) is 31.2 Å². The number of benzene rings is 2. The largest absolute Gasteiger partial charge is 0.465 e. The molecule has 2 aromatic carbocycles. The van der Waals surface area contributed by atoms with E-state index in [1.54, 1.807) is 6.07 Å². The van der Waals surface area contributed by atoms with Gasteiger partial charge < -0.3 is 4.74 Å². The summed E-state index contributed by atoms with van der Waals surface area (Å²) in [5.74, 6) is -0.561. The minimum atomic E-state index is -3.76. The molecule has 1 aliphatic carbocycles. The van der Waals surface area contributed by atoms with E-state index in [9.17, 15) is 13.2 Å². The first-order chi connectivity index (χ1) is 12.9. The summed E-state index contributed by atoms with van der Waals surface area (Å²) < 4.78 is 33.2. The van der Waals surface area contributed by atoms with Crippen LogP contribution in [-0.4, -0.2) is 21.5 Å². The van der Waals surface area contributed by atoms with Crippen molar-refractivity contribution in [2.75, 3.05) is 7.11 Å².